The van der Waals surface area contributed by atoms with Crippen molar-refractivity contribution in [2.75, 3.05) is 5.73 Å². The van der Waals surface area contributed by atoms with E-state index in [1.54, 1.807) is 0 Å². The molecule has 0 saturated carbocycles. The van der Waals surface area contributed by atoms with Gasteiger partial charge in [-0.15, -0.1) is 0 Å². The molecule has 0 radical (unpaired) electrons. The summed E-state index contributed by atoms with van der Waals surface area (Å²) in [5, 5.41) is 12.6. The number of nitrogens with one attached hydrogen (secondary N) is 1. The lowest BCUT2D eigenvalue weighted by molar-refractivity contribution is -0.692. The van der Waals surface area contributed by atoms with Crippen LogP contribution in [0.5, 0.6) is 0 Å². The van der Waals surface area contributed by atoms with E-state index in [-0.39, 0.29) is 24.7 Å². The van der Waals surface area contributed by atoms with Gasteiger partial charge in [0.2, 0.25) is 5.52 Å². The first-order valence-corrected chi connectivity index (χ1v) is 7.57. The molecule has 0 aliphatic carbocycles. The molecule has 126 valence electrons. The van der Waals surface area contributed by atoms with Gasteiger partial charge in [0.1, 0.15) is 17.3 Å². The van der Waals surface area contributed by atoms with E-state index in [4.69, 9.17) is 5.73 Å². The Labute approximate surface area is 148 Å². The van der Waals surface area contributed by atoms with Crippen molar-refractivity contribution < 1.29 is 22.9 Å². The summed E-state index contributed by atoms with van der Waals surface area (Å²) >= 11 is 5.83. The van der Waals surface area contributed by atoms with Crippen LogP contribution in [0.1, 0.15) is 0 Å². The number of H-pyrrole nitrogens is 1. The summed E-state index contributed by atoms with van der Waals surface area (Å²) < 4.78 is 30.6. The molecule has 3 rings (SSSR count). The van der Waals surface area contributed by atoms with E-state index >= 15 is 0 Å². The Bertz CT molecular complexity index is 989. The van der Waals surface area contributed by atoms with Crippen LogP contribution in [-0.2, 0) is 0 Å². The van der Waals surface area contributed by atoms with Crippen LogP contribution in [0.4, 0.5) is 20.2 Å². The number of benzene rings is 2. The first-order valence-electron chi connectivity index (χ1n) is 5.99. The number of nitrogens with two attached hydrogens (primary N) is 1. The number of nitro groups is 1. The molecule has 0 unspecified atom stereocenters. The summed E-state index contributed by atoms with van der Waals surface area (Å²) in [5.41, 5.74) is 5.35. The second-order valence-corrected chi connectivity index (χ2v) is 6.02. The van der Waals surface area contributed by atoms with Gasteiger partial charge >= 0.3 is 0 Å². The van der Waals surface area contributed by atoms with E-state index in [2.05, 4.69) is 41.6 Å². The third kappa shape index (κ3) is 3.76. The number of nitro benzene ring substituents is 1. The van der Waals surface area contributed by atoms with Gasteiger partial charge in [-0.25, -0.2) is 8.78 Å². The van der Waals surface area contributed by atoms with Crippen molar-refractivity contribution in [3.8, 4) is 0 Å². The normalized spacial score (nSPS) is 10.3. The Kier molecular flexibility index (Phi) is 5.29. The van der Waals surface area contributed by atoms with Crippen LogP contribution in [0.2, 0.25) is 0 Å². The number of aromatic amines is 1. The van der Waals surface area contributed by atoms with Crippen LogP contribution >= 0.6 is 31.9 Å². The highest BCUT2D eigenvalue weighted by molar-refractivity contribution is 9.10. The molecule has 0 saturated heterocycles. The van der Waals surface area contributed by atoms with Gasteiger partial charge in [0, 0.05) is 12.1 Å². The van der Waals surface area contributed by atoms with Gasteiger partial charge < -0.3 is 5.73 Å². The maximum atomic E-state index is 12.9. The molecule has 3 aromatic rings. The molecule has 1 aromatic heterocycles. The Hall–Kier alpha value is -2.34. The molecule has 24 heavy (non-hydrogen) atoms. The van der Waals surface area contributed by atoms with Crippen molar-refractivity contribution in [1.29, 1.82) is 0 Å². The van der Waals surface area contributed by atoms with Crippen molar-refractivity contribution >= 4 is 54.3 Å². The smallest absolute Gasteiger partial charge is 0.295 e. The topological polar surface area (TPSA) is 121 Å². The summed E-state index contributed by atoms with van der Waals surface area (Å²) in [6, 6.07) is 4.46. The molecule has 0 amide bonds. The van der Waals surface area contributed by atoms with Crippen LogP contribution in [0.15, 0.2) is 37.8 Å². The van der Waals surface area contributed by atoms with Crippen LogP contribution in [0, 0.1) is 26.7 Å². The molecule has 8 nitrogen and oxygen atoms in total. The molecule has 3 N–H and O–H groups in total. The minimum absolute atomic E-state index is 0.0618. The summed E-state index contributed by atoms with van der Waals surface area (Å²) in [7, 11) is 0. The largest absolute Gasteiger partial charge is 0.393 e. The van der Waals surface area contributed by atoms with Gasteiger partial charge in [0.05, 0.1) is 19.9 Å². The summed E-state index contributed by atoms with van der Waals surface area (Å²) in [6.45, 7) is 0. The highest BCUT2D eigenvalue weighted by Gasteiger charge is 2.15. The number of aromatic nitrogens is 2. The fourth-order valence-electron chi connectivity index (χ4n) is 1.62. The number of nitrogens with zero attached hydrogens (tertiary/aromatic N) is 2. The van der Waals surface area contributed by atoms with E-state index in [1.165, 1.54) is 6.07 Å². The molecular weight excluding hydrogens is 462 g/mol. The van der Waals surface area contributed by atoms with Crippen LogP contribution in [-0.4, -0.2) is 10.1 Å². The van der Waals surface area contributed by atoms with Crippen LogP contribution in [0.3, 0.4) is 0 Å². The average molecular weight is 469 g/mol. The predicted molar refractivity (Wildman–Crippen MR) is 86.8 cm³/mol. The lowest BCUT2D eigenvalue weighted by atomic mass is 10.3. The SMILES string of the molecule is Nc1cc(Br)c(F)cc1[N+](=O)[O-].O=[n+]1o[nH]c2cc(Br)c(F)cc21. The number of anilines is 1. The minimum atomic E-state index is -0.731. The number of halogens is 4. The van der Waals surface area contributed by atoms with Gasteiger partial charge in [-0.1, -0.05) is 9.79 Å². The molecule has 1 heterocycles. The second-order valence-electron chi connectivity index (χ2n) is 4.32. The molecule has 0 aliphatic heterocycles. The second kappa shape index (κ2) is 7.05. The minimum Gasteiger partial charge on any atom is -0.393 e. The molecule has 2 aromatic carbocycles. The Morgan fingerprint density at radius 2 is 1.75 bits per heavy atom. The summed E-state index contributed by atoms with van der Waals surface area (Å²) in [6.07, 6.45) is 0. The predicted octanol–water partition coefficient (Wildman–Crippen LogP) is 3.66. The standard InChI is InChI=1S/C6H3BrFN2O2.C6H4BrFN2O2/c7-3-1-5-6(2-4(3)8)10(11)12-9-5;7-3-1-5(9)6(10(11)12)2-4(3)8/h1-2,9H;1-2H,9H2/q+1;. The third-order valence-electron chi connectivity index (χ3n) is 2.74. The molecule has 0 aliphatic rings. The highest BCUT2D eigenvalue weighted by atomic mass is 79.9. The Morgan fingerprint density at radius 1 is 1.17 bits per heavy atom. The van der Waals surface area contributed by atoms with E-state index in [0.717, 1.165) is 18.2 Å². The zero-order valence-electron chi connectivity index (χ0n) is 11.4. The van der Waals surface area contributed by atoms with Crippen molar-refractivity contribution in [1.82, 2.24) is 5.16 Å². The van der Waals surface area contributed by atoms with E-state index in [9.17, 15) is 23.8 Å². The van der Waals surface area contributed by atoms with Crippen molar-refractivity contribution in [3.05, 3.63) is 59.9 Å². The average Bonchev–Trinajstić information content (AvgIpc) is 2.85. The van der Waals surface area contributed by atoms with Crippen molar-refractivity contribution in [3.63, 3.8) is 0 Å². The molecule has 0 spiro atoms. The third-order valence-corrected chi connectivity index (χ3v) is 3.96. The quantitative estimate of drug-likeness (QED) is 0.320. The maximum Gasteiger partial charge on any atom is 0.295 e. The van der Waals surface area contributed by atoms with Crippen molar-refractivity contribution in [2.45, 2.75) is 0 Å². The van der Waals surface area contributed by atoms with E-state index in [0.29, 0.717) is 5.52 Å². The van der Waals surface area contributed by atoms with Crippen LogP contribution < -0.4 is 10.3 Å². The zero-order valence-corrected chi connectivity index (χ0v) is 14.6. The summed E-state index contributed by atoms with van der Waals surface area (Å²) in [4.78, 5) is 20.3. The fourth-order valence-corrected chi connectivity index (χ4v) is 2.32. The lowest BCUT2D eigenvalue weighted by Gasteiger charge is -1.98. The van der Waals surface area contributed by atoms with Gasteiger partial charge in [0.25, 0.3) is 11.2 Å². The Morgan fingerprint density at radius 3 is 2.38 bits per heavy atom. The first-order chi connectivity index (χ1) is 11.2. The number of fused-ring (bicyclic) bond motifs is 1. The van der Waals surface area contributed by atoms with Crippen LogP contribution in [0.25, 0.3) is 11.0 Å². The molecule has 12 heteroatoms. The molecule has 0 bridgehead atoms. The fraction of sp³-hybridized carbons (Fsp3) is 0. The molecular formula is C12H7Br2F2N4O4+. The van der Waals surface area contributed by atoms with Gasteiger partial charge in [-0.3, -0.25) is 10.1 Å². The van der Waals surface area contributed by atoms with E-state index in [1.807, 2.05) is 0 Å². The number of nitrogen functional groups attached to an aromatic ring is 1. The van der Waals surface area contributed by atoms with Gasteiger partial charge in [-0.2, -0.15) is 0 Å². The van der Waals surface area contributed by atoms with Gasteiger partial charge in [0.15, 0.2) is 4.60 Å². The monoisotopic (exact) mass is 467 g/mol. The Balaban J connectivity index is 0.000000174. The maximum absolute atomic E-state index is 12.9. The van der Waals surface area contributed by atoms with E-state index < -0.39 is 22.2 Å². The van der Waals surface area contributed by atoms with Gasteiger partial charge in [-0.05, 0) is 42.8 Å². The number of hydrogen-bond acceptors (Lipinski definition) is 5. The van der Waals surface area contributed by atoms with Crippen molar-refractivity contribution in [2.24, 2.45) is 0 Å². The summed E-state index contributed by atoms with van der Waals surface area (Å²) in [5.74, 6) is -1.20. The zero-order chi connectivity index (χ0) is 18.0. The first kappa shape index (κ1) is 18.0. The highest BCUT2D eigenvalue weighted by Crippen LogP contribution is 2.27. The number of rotatable bonds is 1. The lowest BCUT2D eigenvalue weighted by Crippen LogP contribution is -2.08. The number of hydrogen-bond donors (Lipinski definition) is 2. The molecule has 0 fully saturated rings. The molecule has 0 atom stereocenters.